The van der Waals surface area contributed by atoms with Gasteiger partial charge < -0.3 is 15.0 Å². The predicted octanol–water partition coefficient (Wildman–Crippen LogP) is 4.32. The number of nitrogens with zero attached hydrogens (tertiary/aromatic N) is 1. The zero-order chi connectivity index (χ0) is 23.6. The lowest BCUT2D eigenvalue weighted by Gasteiger charge is -2.37. The number of thiophene rings is 1. The highest BCUT2D eigenvalue weighted by molar-refractivity contribution is 7.12. The number of benzene rings is 2. The third-order valence-electron chi connectivity index (χ3n) is 7.30. The van der Waals surface area contributed by atoms with Crippen LogP contribution in [0.3, 0.4) is 0 Å². The Hall–Kier alpha value is -3.71. The normalized spacial score (nSPS) is 26.1. The van der Waals surface area contributed by atoms with Crippen molar-refractivity contribution in [2.24, 2.45) is 5.92 Å². The summed E-state index contributed by atoms with van der Waals surface area (Å²) in [5.74, 6) is -0.754. The van der Waals surface area contributed by atoms with Crippen molar-refractivity contribution in [1.82, 2.24) is 0 Å². The maximum absolute atomic E-state index is 14.1. The Labute approximate surface area is 200 Å². The fourth-order valence-corrected chi connectivity index (χ4v) is 6.71. The van der Waals surface area contributed by atoms with E-state index in [1.54, 1.807) is 13.2 Å². The molecule has 0 unspecified atom stereocenters. The van der Waals surface area contributed by atoms with E-state index in [1.165, 1.54) is 18.3 Å². The van der Waals surface area contributed by atoms with Crippen LogP contribution in [0.5, 0.6) is 5.75 Å². The number of ether oxygens (including phenoxy) is 1. The summed E-state index contributed by atoms with van der Waals surface area (Å²) in [7, 11) is 1.61. The molecule has 1 spiro atoms. The molecule has 34 heavy (non-hydrogen) atoms. The molecule has 1 amide bonds. The fourth-order valence-electron chi connectivity index (χ4n) is 6.01. The van der Waals surface area contributed by atoms with Crippen LogP contribution < -0.4 is 15.0 Å². The smallest absolute Gasteiger partial charge is 0.238 e. The van der Waals surface area contributed by atoms with E-state index in [-0.39, 0.29) is 17.5 Å². The van der Waals surface area contributed by atoms with Crippen molar-refractivity contribution in [2.75, 3.05) is 17.3 Å². The van der Waals surface area contributed by atoms with Crippen LogP contribution >= 0.6 is 11.3 Å². The van der Waals surface area contributed by atoms with Gasteiger partial charge in [0.2, 0.25) is 5.91 Å². The van der Waals surface area contributed by atoms with Gasteiger partial charge in [-0.05, 0) is 48.2 Å². The van der Waals surface area contributed by atoms with Gasteiger partial charge in [0, 0.05) is 16.9 Å². The molecule has 7 heteroatoms. The van der Waals surface area contributed by atoms with E-state index < -0.39 is 23.4 Å². The Morgan fingerprint density at radius 3 is 2.68 bits per heavy atom. The minimum atomic E-state index is -1.23. The first-order valence-electron chi connectivity index (χ1n) is 11.1. The highest BCUT2D eigenvalue weighted by Crippen LogP contribution is 2.58. The zero-order valence-electron chi connectivity index (χ0n) is 18.6. The number of fused-ring (bicyclic) bond motifs is 6. The highest BCUT2D eigenvalue weighted by atomic mass is 32.1. The molecule has 0 aliphatic carbocycles. The average molecular weight is 471 g/mol. The van der Waals surface area contributed by atoms with Crippen LogP contribution in [0.1, 0.15) is 27.7 Å². The van der Waals surface area contributed by atoms with Crippen molar-refractivity contribution in [3.63, 3.8) is 0 Å². The van der Waals surface area contributed by atoms with Crippen LogP contribution in [0.25, 0.3) is 6.08 Å². The quantitative estimate of drug-likeness (QED) is 0.575. The van der Waals surface area contributed by atoms with Gasteiger partial charge >= 0.3 is 0 Å². The van der Waals surface area contributed by atoms with Crippen molar-refractivity contribution in [3.05, 3.63) is 82.1 Å². The molecule has 170 valence electrons. The number of para-hydroxylation sites is 1. The van der Waals surface area contributed by atoms with Crippen LogP contribution in [0, 0.1) is 5.92 Å². The summed E-state index contributed by atoms with van der Waals surface area (Å²) in [6.07, 6.45) is 3.92. The lowest BCUT2D eigenvalue weighted by molar-refractivity contribution is -0.122. The number of hydrogen-bond acceptors (Lipinski definition) is 6. The number of anilines is 2. The molecule has 6 nitrogen and oxygen atoms in total. The van der Waals surface area contributed by atoms with E-state index in [4.69, 9.17) is 4.74 Å². The molecule has 4 atom stereocenters. The van der Waals surface area contributed by atoms with Crippen molar-refractivity contribution >= 4 is 46.3 Å². The Kier molecular flexibility index (Phi) is 4.54. The Balaban J connectivity index is 1.65. The number of amides is 1. The third-order valence-corrected chi connectivity index (χ3v) is 8.19. The molecule has 3 aromatic rings. The molecule has 1 aromatic heterocycles. The summed E-state index contributed by atoms with van der Waals surface area (Å²) in [5.41, 5.74) is 1.91. The van der Waals surface area contributed by atoms with Crippen LogP contribution in [-0.4, -0.2) is 36.7 Å². The number of Topliss-reactive ketones (excluding diaryl/α,β-unsaturated/α-hetero) is 2. The van der Waals surface area contributed by atoms with Gasteiger partial charge in [-0.15, -0.1) is 11.3 Å². The molecule has 1 N–H and O–H groups in total. The number of nitrogens with one attached hydrogen (secondary N) is 1. The van der Waals surface area contributed by atoms with Crippen molar-refractivity contribution in [1.29, 1.82) is 0 Å². The van der Waals surface area contributed by atoms with Crippen LogP contribution in [0.2, 0.25) is 0 Å². The topological polar surface area (TPSA) is 75.7 Å². The Morgan fingerprint density at radius 1 is 1.12 bits per heavy atom. The molecule has 0 bridgehead atoms. The number of methoxy groups -OCH3 is 1. The number of ketones is 2. The van der Waals surface area contributed by atoms with E-state index in [9.17, 15) is 14.4 Å². The van der Waals surface area contributed by atoms with E-state index in [2.05, 4.69) is 5.32 Å². The average Bonchev–Trinajstić information content (AvgIpc) is 3.55. The first-order valence-corrected chi connectivity index (χ1v) is 12.0. The van der Waals surface area contributed by atoms with Gasteiger partial charge in [-0.2, -0.15) is 0 Å². The summed E-state index contributed by atoms with van der Waals surface area (Å²) in [5, 5.41) is 4.86. The molecule has 2 aromatic carbocycles. The molecule has 3 aliphatic heterocycles. The third kappa shape index (κ3) is 2.58. The van der Waals surface area contributed by atoms with E-state index >= 15 is 0 Å². The lowest BCUT2D eigenvalue weighted by Crippen LogP contribution is -2.51. The summed E-state index contributed by atoms with van der Waals surface area (Å²) in [4.78, 5) is 43.9. The number of hydrogen-bond donors (Lipinski definition) is 1. The number of carbonyl (C=O) groups excluding carboxylic acids is 3. The summed E-state index contributed by atoms with van der Waals surface area (Å²) in [6.45, 7) is 1.51. The second-order valence-corrected chi connectivity index (χ2v) is 9.83. The van der Waals surface area contributed by atoms with Crippen molar-refractivity contribution in [3.8, 4) is 5.75 Å². The highest BCUT2D eigenvalue weighted by Gasteiger charge is 2.69. The summed E-state index contributed by atoms with van der Waals surface area (Å²) < 4.78 is 5.39. The van der Waals surface area contributed by atoms with Crippen molar-refractivity contribution in [2.45, 2.75) is 24.4 Å². The van der Waals surface area contributed by atoms with Gasteiger partial charge in [0.05, 0.1) is 30.0 Å². The SMILES string of the molecule is COc1ccc2c(c1)C=C[C@@H]1N2[C@@H](C(C)=O)[C@@H](C(=O)c2cccs2)[C@]12C(=O)Nc1ccccc12. The second-order valence-electron chi connectivity index (χ2n) is 8.88. The molecule has 1 fully saturated rings. The van der Waals surface area contributed by atoms with Gasteiger partial charge in [0.15, 0.2) is 11.6 Å². The summed E-state index contributed by atoms with van der Waals surface area (Å²) in [6, 6.07) is 15.4. The van der Waals surface area contributed by atoms with Gasteiger partial charge in [-0.3, -0.25) is 14.4 Å². The first kappa shape index (κ1) is 20.9. The largest absolute Gasteiger partial charge is 0.497 e. The fraction of sp³-hybridized carbons (Fsp3) is 0.222. The van der Waals surface area contributed by atoms with Gasteiger partial charge in [-0.25, -0.2) is 0 Å². The molecule has 6 rings (SSSR count). The van der Waals surface area contributed by atoms with Crippen LogP contribution in [-0.2, 0) is 15.0 Å². The number of carbonyl (C=O) groups is 3. The molecule has 3 aliphatic rings. The minimum Gasteiger partial charge on any atom is -0.497 e. The molecule has 1 saturated heterocycles. The van der Waals surface area contributed by atoms with E-state index in [1.807, 2.05) is 71.0 Å². The van der Waals surface area contributed by atoms with Crippen LogP contribution in [0.15, 0.2) is 66.1 Å². The Morgan fingerprint density at radius 2 is 1.94 bits per heavy atom. The minimum absolute atomic E-state index is 0.147. The monoisotopic (exact) mass is 470 g/mol. The predicted molar refractivity (Wildman–Crippen MR) is 132 cm³/mol. The standard InChI is InChI=1S/C27H22N2O4S/c1-15(30)24-23(25(31)21-8-5-13-34-21)27(18-6-3-4-7-19(18)28-26(27)32)22-12-9-16-14-17(33-2)10-11-20(16)29(22)24/h3-14,22-24H,1-2H3,(H,28,32)/t22-,23-,24-,27+/m0/s1. The molecular weight excluding hydrogens is 448 g/mol. The van der Waals surface area contributed by atoms with Gasteiger partial charge in [-0.1, -0.05) is 36.4 Å². The molecular formula is C27H22N2O4S. The van der Waals surface area contributed by atoms with Gasteiger partial charge in [0.1, 0.15) is 11.2 Å². The van der Waals surface area contributed by atoms with Crippen molar-refractivity contribution < 1.29 is 19.1 Å². The van der Waals surface area contributed by atoms with E-state index in [0.717, 1.165) is 16.8 Å². The molecule has 0 saturated carbocycles. The van der Waals surface area contributed by atoms with E-state index in [0.29, 0.717) is 16.3 Å². The number of rotatable bonds is 4. The molecule has 0 radical (unpaired) electrons. The maximum atomic E-state index is 14.1. The Bertz CT molecular complexity index is 1380. The lowest BCUT2D eigenvalue weighted by atomic mass is 9.65. The second kappa shape index (κ2) is 7.40. The zero-order valence-corrected chi connectivity index (χ0v) is 19.5. The van der Waals surface area contributed by atoms with Crippen LogP contribution in [0.4, 0.5) is 11.4 Å². The van der Waals surface area contributed by atoms with Gasteiger partial charge in [0.25, 0.3) is 0 Å². The first-order chi connectivity index (χ1) is 16.5. The maximum Gasteiger partial charge on any atom is 0.238 e. The summed E-state index contributed by atoms with van der Waals surface area (Å²) >= 11 is 1.33. The molecule has 4 heterocycles.